The number of benzene rings is 1. The molecule has 3 N–H and O–H groups in total. The molecule has 128 valence electrons. The fourth-order valence-electron chi connectivity index (χ4n) is 2.43. The molecule has 0 spiro atoms. The topological polar surface area (TPSA) is 92.0 Å². The molecule has 2 rings (SSSR count). The first-order chi connectivity index (χ1) is 11.2. The van der Waals surface area contributed by atoms with Gasteiger partial charge in [-0.05, 0) is 12.8 Å². The molecule has 1 heterocycles. The van der Waals surface area contributed by atoms with Crippen molar-refractivity contribution in [3.63, 3.8) is 0 Å². The van der Waals surface area contributed by atoms with Crippen molar-refractivity contribution < 1.29 is 23.7 Å². The van der Waals surface area contributed by atoms with Gasteiger partial charge in [0.15, 0.2) is 11.5 Å². The quantitative estimate of drug-likeness (QED) is 0.442. The van der Waals surface area contributed by atoms with Crippen LogP contribution in [0.15, 0.2) is 12.1 Å². The maximum Gasteiger partial charge on any atom is 0.340 e. The maximum atomic E-state index is 11.7. The highest BCUT2D eigenvalue weighted by Gasteiger charge is 2.17. The van der Waals surface area contributed by atoms with Crippen LogP contribution in [0.3, 0.4) is 0 Å². The second-order valence-electron chi connectivity index (χ2n) is 5.27. The van der Waals surface area contributed by atoms with Crippen LogP contribution in [0.1, 0.15) is 23.2 Å². The molecular weight excluding hydrogens is 300 g/mol. The zero-order valence-electron chi connectivity index (χ0n) is 13.6. The Morgan fingerprint density at radius 3 is 2.87 bits per heavy atom. The second kappa shape index (κ2) is 8.59. The lowest BCUT2D eigenvalue weighted by Gasteiger charge is -2.23. The van der Waals surface area contributed by atoms with Gasteiger partial charge in [-0.25, -0.2) is 4.79 Å². The Balaban J connectivity index is 1.93. The summed E-state index contributed by atoms with van der Waals surface area (Å²) in [6, 6.07) is 3.12. The van der Waals surface area contributed by atoms with E-state index in [0.29, 0.717) is 23.8 Å². The van der Waals surface area contributed by atoms with Gasteiger partial charge in [0.25, 0.3) is 0 Å². The van der Waals surface area contributed by atoms with E-state index in [1.54, 1.807) is 12.1 Å². The minimum absolute atomic E-state index is 0.228. The normalized spacial score (nSPS) is 17.6. The van der Waals surface area contributed by atoms with Crippen LogP contribution in [0.5, 0.6) is 11.5 Å². The molecule has 1 atom stereocenters. The molecule has 1 aromatic carbocycles. The molecule has 1 unspecified atom stereocenters. The molecule has 0 saturated carbocycles. The number of hydrogen-bond donors (Lipinski definition) is 2. The Morgan fingerprint density at radius 1 is 1.39 bits per heavy atom. The predicted octanol–water partition coefficient (Wildman–Crippen LogP) is 1.21. The number of rotatable bonds is 7. The number of methoxy groups -OCH3 is 2. The number of nitrogens with one attached hydrogen (secondary N) is 1. The molecule has 1 aliphatic heterocycles. The van der Waals surface area contributed by atoms with Gasteiger partial charge < -0.3 is 30.0 Å². The maximum absolute atomic E-state index is 11.7. The minimum Gasteiger partial charge on any atom is -0.493 e. The highest BCUT2D eigenvalue weighted by atomic mass is 16.5. The summed E-state index contributed by atoms with van der Waals surface area (Å²) in [4.78, 5) is 11.7. The smallest absolute Gasteiger partial charge is 0.340 e. The molecule has 7 heteroatoms. The van der Waals surface area contributed by atoms with Gasteiger partial charge in [-0.1, -0.05) is 0 Å². The lowest BCUT2D eigenvalue weighted by atomic mass is 10.1. The number of hydrogen-bond acceptors (Lipinski definition) is 7. The fraction of sp³-hybridized carbons (Fsp3) is 0.562. The third kappa shape index (κ3) is 4.74. The van der Waals surface area contributed by atoms with Crippen molar-refractivity contribution in [2.75, 3.05) is 46.3 Å². The van der Waals surface area contributed by atoms with E-state index in [1.807, 2.05) is 0 Å². The summed E-state index contributed by atoms with van der Waals surface area (Å²) >= 11 is 0. The Morgan fingerprint density at radius 2 is 2.22 bits per heavy atom. The molecule has 0 bridgehead atoms. The first-order valence-corrected chi connectivity index (χ1v) is 7.66. The third-order valence-electron chi connectivity index (χ3n) is 3.67. The second-order valence-corrected chi connectivity index (χ2v) is 5.27. The molecule has 0 radical (unpaired) electrons. The Labute approximate surface area is 136 Å². The first-order valence-electron chi connectivity index (χ1n) is 7.66. The SMILES string of the molecule is COC(=O)c1cc(OCCCC2CNCCO2)c(OC)cc1N. The van der Waals surface area contributed by atoms with E-state index < -0.39 is 5.97 Å². The molecule has 7 nitrogen and oxygen atoms in total. The standard InChI is InChI=1S/C16H24N2O5/c1-20-14-9-13(17)12(16(19)21-2)8-15(14)23-6-3-4-11-10-18-5-7-22-11/h8-9,11,18H,3-7,10,17H2,1-2H3. The Hall–Kier alpha value is -1.99. The van der Waals surface area contributed by atoms with Crippen molar-refractivity contribution in [1.29, 1.82) is 0 Å². The number of carbonyl (C=O) groups is 1. The van der Waals surface area contributed by atoms with Gasteiger partial charge in [0, 0.05) is 25.2 Å². The van der Waals surface area contributed by atoms with Crippen LogP contribution in [0.2, 0.25) is 0 Å². The summed E-state index contributed by atoms with van der Waals surface area (Å²) in [5.74, 6) is 0.465. The molecule has 1 aliphatic rings. The minimum atomic E-state index is -0.503. The summed E-state index contributed by atoms with van der Waals surface area (Å²) in [6.45, 7) is 3.03. The van der Waals surface area contributed by atoms with Crippen LogP contribution < -0.4 is 20.5 Å². The molecular formula is C16H24N2O5. The zero-order chi connectivity index (χ0) is 16.7. The van der Waals surface area contributed by atoms with Gasteiger partial charge >= 0.3 is 5.97 Å². The monoisotopic (exact) mass is 324 g/mol. The largest absolute Gasteiger partial charge is 0.493 e. The Bertz CT molecular complexity index is 529. The molecule has 1 aromatic rings. The predicted molar refractivity (Wildman–Crippen MR) is 86.1 cm³/mol. The van der Waals surface area contributed by atoms with Crippen LogP contribution >= 0.6 is 0 Å². The van der Waals surface area contributed by atoms with E-state index in [4.69, 9.17) is 24.7 Å². The van der Waals surface area contributed by atoms with Gasteiger partial charge in [-0.15, -0.1) is 0 Å². The number of anilines is 1. The van der Waals surface area contributed by atoms with Crippen molar-refractivity contribution in [3.05, 3.63) is 17.7 Å². The highest BCUT2D eigenvalue weighted by molar-refractivity contribution is 5.96. The van der Waals surface area contributed by atoms with Crippen molar-refractivity contribution in [2.24, 2.45) is 0 Å². The molecule has 0 aliphatic carbocycles. The van der Waals surface area contributed by atoms with Gasteiger partial charge in [0.1, 0.15) is 0 Å². The van der Waals surface area contributed by atoms with Crippen LogP contribution in [0.4, 0.5) is 5.69 Å². The molecule has 23 heavy (non-hydrogen) atoms. The van der Waals surface area contributed by atoms with Gasteiger partial charge in [0.05, 0.1) is 44.8 Å². The first kappa shape index (κ1) is 17.4. The zero-order valence-corrected chi connectivity index (χ0v) is 13.6. The third-order valence-corrected chi connectivity index (χ3v) is 3.67. The number of nitrogen functional groups attached to an aromatic ring is 1. The average molecular weight is 324 g/mol. The number of esters is 1. The van der Waals surface area contributed by atoms with E-state index in [-0.39, 0.29) is 11.7 Å². The summed E-state index contributed by atoms with van der Waals surface area (Å²) in [6.07, 6.45) is 1.98. The number of morpholine rings is 1. The molecule has 1 fully saturated rings. The summed E-state index contributed by atoms with van der Waals surface area (Å²) < 4.78 is 21.3. The van der Waals surface area contributed by atoms with Crippen molar-refractivity contribution in [3.8, 4) is 11.5 Å². The summed E-state index contributed by atoms with van der Waals surface area (Å²) in [5.41, 5.74) is 6.40. The fourth-order valence-corrected chi connectivity index (χ4v) is 2.43. The number of nitrogens with two attached hydrogens (primary N) is 1. The molecule has 0 amide bonds. The van der Waals surface area contributed by atoms with Gasteiger partial charge in [-0.3, -0.25) is 0 Å². The summed E-state index contributed by atoms with van der Waals surface area (Å²) in [7, 11) is 2.84. The molecule has 1 saturated heterocycles. The van der Waals surface area contributed by atoms with E-state index in [2.05, 4.69) is 5.32 Å². The van der Waals surface area contributed by atoms with E-state index in [0.717, 1.165) is 32.5 Å². The number of carbonyl (C=O) groups excluding carboxylic acids is 1. The van der Waals surface area contributed by atoms with Crippen molar-refractivity contribution >= 4 is 11.7 Å². The molecule has 0 aromatic heterocycles. The van der Waals surface area contributed by atoms with Crippen LogP contribution in [-0.2, 0) is 9.47 Å². The van der Waals surface area contributed by atoms with Gasteiger partial charge in [-0.2, -0.15) is 0 Å². The van der Waals surface area contributed by atoms with Crippen molar-refractivity contribution in [1.82, 2.24) is 5.32 Å². The van der Waals surface area contributed by atoms with E-state index in [9.17, 15) is 4.79 Å². The highest BCUT2D eigenvalue weighted by Crippen LogP contribution is 2.32. The number of ether oxygens (including phenoxy) is 4. The van der Waals surface area contributed by atoms with Crippen LogP contribution in [0, 0.1) is 0 Å². The summed E-state index contributed by atoms with van der Waals surface area (Å²) in [5, 5.41) is 3.29. The average Bonchev–Trinajstić information content (AvgIpc) is 2.59. The van der Waals surface area contributed by atoms with Crippen LogP contribution in [-0.4, -0.2) is 52.6 Å². The van der Waals surface area contributed by atoms with Crippen molar-refractivity contribution in [2.45, 2.75) is 18.9 Å². The van der Waals surface area contributed by atoms with Crippen LogP contribution in [0.25, 0.3) is 0 Å². The Kier molecular flexibility index (Phi) is 6.49. The van der Waals surface area contributed by atoms with Gasteiger partial charge in [0.2, 0.25) is 0 Å². The lowest BCUT2D eigenvalue weighted by Crippen LogP contribution is -2.38. The lowest BCUT2D eigenvalue weighted by molar-refractivity contribution is 0.0203. The van der Waals surface area contributed by atoms with E-state index >= 15 is 0 Å². The van der Waals surface area contributed by atoms with E-state index in [1.165, 1.54) is 14.2 Å².